The molecule has 4 aromatic rings. The van der Waals surface area contributed by atoms with E-state index in [1.54, 1.807) is 17.0 Å². The number of amides is 3. The molecule has 1 aromatic heterocycles. The Morgan fingerprint density at radius 1 is 1.06 bits per heavy atom. The molecule has 16 heteroatoms. The highest BCUT2D eigenvalue weighted by atomic mass is 35.5. The third kappa shape index (κ3) is 6.70. The van der Waals surface area contributed by atoms with Crippen molar-refractivity contribution in [3.8, 4) is 5.69 Å². The summed E-state index contributed by atoms with van der Waals surface area (Å²) in [6.45, 7) is 1.35. The van der Waals surface area contributed by atoms with E-state index in [-0.39, 0.29) is 53.2 Å². The predicted molar refractivity (Wildman–Crippen MR) is 172 cm³/mol. The molecule has 3 aromatic carbocycles. The molecule has 6 rings (SSSR count). The number of aromatic nitrogens is 4. The number of rotatable bonds is 7. The lowest BCUT2D eigenvalue weighted by atomic mass is 9.89. The van der Waals surface area contributed by atoms with Crippen LogP contribution < -0.4 is 15.5 Å². The van der Waals surface area contributed by atoms with E-state index < -0.39 is 29.6 Å². The number of tetrazole rings is 1. The molecule has 0 saturated carbocycles. The highest BCUT2D eigenvalue weighted by molar-refractivity contribution is 6.31. The average Bonchev–Trinajstić information content (AvgIpc) is 3.60. The van der Waals surface area contributed by atoms with Crippen LogP contribution in [0.2, 0.25) is 5.02 Å². The van der Waals surface area contributed by atoms with Crippen LogP contribution in [0.4, 0.5) is 15.8 Å². The summed E-state index contributed by atoms with van der Waals surface area (Å²) < 4.78 is 16.4. The number of halogens is 3. The number of hydrogen-bond acceptors (Lipinski definition) is 8. The molecule has 1 unspecified atom stereocenters. The second-order valence-corrected chi connectivity index (χ2v) is 10.9. The second-order valence-electron chi connectivity index (χ2n) is 10.5. The van der Waals surface area contributed by atoms with Crippen molar-refractivity contribution in [2.75, 3.05) is 36.4 Å². The Kier molecular flexibility index (Phi) is 9.94. The fraction of sp³-hybridized carbons (Fsp3) is 0.194. The molecular weight excluding hydrogens is 654 g/mol. The Labute approximate surface area is 278 Å². The van der Waals surface area contributed by atoms with E-state index in [1.165, 1.54) is 58.4 Å². The van der Waals surface area contributed by atoms with Gasteiger partial charge in [-0.15, -0.1) is 17.5 Å². The van der Waals surface area contributed by atoms with E-state index >= 15 is 4.39 Å². The van der Waals surface area contributed by atoms with Crippen molar-refractivity contribution in [3.05, 3.63) is 100 Å². The standard InChI is InChI=1S/C31H26ClFN8O5.ClH/c32-23-9-10-25(41-17-35-37-38-41)22(28(23)33)8-11-26(42)40-14-12-20-21(2-1-3-24(20)39-15-13-34-16-27(39)43)29(40)30(44)36-19-6-4-18(5-7-19)31(45)46;/h1-11,17,29,34H,12-16H2,(H,36,44)(H,45,46);1H. The first-order chi connectivity index (χ1) is 22.2. The van der Waals surface area contributed by atoms with Crippen LogP contribution in [-0.4, -0.2) is 80.1 Å². The van der Waals surface area contributed by atoms with E-state index in [0.717, 1.165) is 11.6 Å². The van der Waals surface area contributed by atoms with E-state index in [1.807, 2.05) is 6.07 Å². The number of nitrogens with zero attached hydrogens (tertiary/aromatic N) is 6. The van der Waals surface area contributed by atoms with Gasteiger partial charge in [0.15, 0.2) is 5.82 Å². The molecule has 1 atom stereocenters. The van der Waals surface area contributed by atoms with E-state index in [4.69, 9.17) is 11.6 Å². The molecule has 1 saturated heterocycles. The number of fused-ring (bicyclic) bond motifs is 1. The maximum atomic E-state index is 15.2. The van der Waals surface area contributed by atoms with Gasteiger partial charge in [-0.1, -0.05) is 23.7 Å². The van der Waals surface area contributed by atoms with Gasteiger partial charge in [0.25, 0.3) is 5.91 Å². The number of carbonyl (C=O) groups excluding carboxylic acids is 3. The number of benzene rings is 3. The van der Waals surface area contributed by atoms with Gasteiger partial charge in [-0.2, -0.15) is 4.68 Å². The second kappa shape index (κ2) is 14.1. The fourth-order valence-corrected chi connectivity index (χ4v) is 5.79. The molecule has 242 valence electrons. The van der Waals surface area contributed by atoms with Gasteiger partial charge in [0.05, 0.1) is 22.8 Å². The first-order valence-electron chi connectivity index (χ1n) is 14.2. The topological polar surface area (TPSA) is 163 Å². The smallest absolute Gasteiger partial charge is 0.335 e. The summed E-state index contributed by atoms with van der Waals surface area (Å²) in [6, 6.07) is 12.6. The fourth-order valence-electron chi connectivity index (χ4n) is 5.63. The van der Waals surface area contributed by atoms with Gasteiger partial charge in [-0.25, -0.2) is 9.18 Å². The van der Waals surface area contributed by atoms with Crippen molar-refractivity contribution in [3.63, 3.8) is 0 Å². The van der Waals surface area contributed by atoms with Crippen molar-refractivity contribution in [1.29, 1.82) is 0 Å². The molecule has 0 radical (unpaired) electrons. The summed E-state index contributed by atoms with van der Waals surface area (Å²) in [5.41, 5.74) is 2.53. The Hall–Kier alpha value is -5.18. The van der Waals surface area contributed by atoms with Crippen LogP contribution >= 0.6 is 24.0 Å². The first kappa shape index (κ1) is 33.2. The van der Waals surface area contributed by atoms with Crippen molar-refractivity contribution < 1.29 is 28.7 Å². The predicted octanol–water partition coefficient (Wildman–Crippen LogP) is 3.29. The Bertz CT molecular complexity index is 1870. The number of carboxylic acid groups (broad SMARTS) is 1. The lowest BCUT2D eigenvalue weighted by Crippen LogP contribution is -2.49. The van der Waals surface area contributed by atoms with Gasteiger partial charge in [-0.05, 0) is 76.5 Å². The van der Waals surface area contributed by atoms with Crippen molar-refractivity contribution >= 4 is 65.1 Å². The molecule has 2 aliphatic heterocycles. The third-order valence-electron chi connectivity index (χ3n) is 7.81. The number of nitrogens with one attached hydrogen (secondary N) is 2. The van der Waals surface area contributed by atoms with Gasteiger partial charge in [-0.3, -0.25) is 14.4 Å². The maximum Gasteiger partial charge on any atom is 0.335 e. The average molecular weight is 682 g/mol. The van der Waals surface area contributed by atoms with E-state index in [9.17, 15) is 24.3 Å². The van der Waals surface area contributed by atoms with Gasteiger partial charge >= 0.3 is 5.97 Å². The zero-order valence-corrected chi connectivity index (χ0v) is 26.0. The van der Waals surface area contributed by atoms with Crippen LogP contribution in [0.1, 0.15) is 33.1 Å². The monoisotopic (exact) mass is 680 g/mol. The number of carbonyl (C=O) groups is 4. The molecule has 3 amide bonds. The number of anilines is 2. The number of aromatic carboxylic acids is 1. The number of hydrogen-bond donors (Lipinski definition) is 3. The van der Waals surface area contributed by atoms with Gasteiger partial charge in [0.1, 0.15) is 12.4 Å². The molecule has 47 heavy (non-hydrogen) atoms. The molecule has 0 spiro atoms. The van der Waals surface area contributed by atoms with Crippen molar-refractivity contribution in [2.24, 2.45) is 0 Å². The molecule has 3 N–H and O–H groups in total. The lowest BCUT2D eigenvalue weighted by molar-refractivity contribution is -0.135. The molecule has 3 heterocycles. The van der Waals surface area contributed by atoms with Gasteiger partial charge in [0, 0.05) is 42.6 Å². The molecule has 0 aliphatic carbocycles. The van der Waals surface area contributed by atoms with Crippen molar-refractivity contribution in [1.82, 2.24) is 30.4 Å². The van der Waals surface area contributed by atoms with Crippen LogP contribution in [0.3, 0.4) is 0 Å². The van der Waals surface area contributed by atoms with Crippen LogP contribution in [0.5, 0.6) is 0 Å². The zero-order valence-electron chi connectivity index (χ0n) is 24.5. The molecule has 2 aliphatic rings. The van der Waals surface area contributed by atoms with Crippen LogP contribution in [-0.2, 0) is 20.8 Å². The Balaban J connectivity index is 0.00000433. The summed E-state index contributed by atoms with van der Waals surface area (Å²) in [7, 11) is 0. The van der Waals surface area contributed by atoms with Crippen LogP contribution in [0, 0.1) is 5.82 Å². The minimum Gasteiger partial charge on any atom is -0.478 e. The minimum atomic E-state index is -1.14. The van der Waals surface area contributed by atoms with Crippen LogP contribution in [0.15, 0.2) is 67.0 Å². The largest absolute Gasteiger partial charge is 0.478 e. The summed E-state index contributed by atoms with van der Waals surface area (Å²) >= 11 is 6.04. The maximum absolute atomic E-state index is 15.2. The molecule has 1 fully saturated rings. The summed E-state index contributed by atoms with van der Waals surface area (Å²) in [5.74, 6) is -3.15. The lowest BCUT2D eigenvalue weighted by Gasteiger charge is -2.38. The molecule has 0 bridgehead atoms. The number of piperazine rings is 1. The van der Waals surface area contributed by atoms with E-state index in [2.05, 4.69) is 26.2 Å². The van der Waals surface area contributed by atoms with Crippen LogP contribution in [0.25, 0.3) is 11.8 Å². The highest BCUT2D eigenvalue weighted by Gasteiger charge is 2.37. The summed E-state index contributed by atoms with van der Waals surface area (Å²) in [5, 5.41) is 25.9. The summed E-state index contributed by atoms with van der Waals surface area (Å²) in [6.07, 6.45) is 4.03. The molecular formula is C31H27Cl2FN8O5. The van der Waals surface area contributed by atoms with E-state index in [0.29, 0.717) is 36.4 Å². The quantitative estimate of drug-likeness (QED) is 0.249. The molecule has 13 nitrogen and oxygen atoms in total. The third-order valence-corrected chi connectivity index (χ3v) is 8.10. The van der Waals surface area contributed by atoms with Gasteiger partial charge in [0.2, 0.25) is 11.8 Å². The normalized spacial score (nSPS) is 16.0. The van der Waals surface area contributed by atoms with Gasteiger partial charge < -0.3 is 25.5 Å². The Morgan fingerprint density at radius 3 is 2.55 bits per heavy atom. The Morgan fingerprint density at radius 2 is 1.85 bits per heavy atom. The summed E-state index contributed by atoms with van der Waals surface area (Å²) in [4.78, 5) is 54.9. The zero-order chi connectivity index (χ0) is 32.4. The highest BCUT2D eigenvalue weighted by Crippen LogP contribution is 2.37. The SMILES string of the molecule is Cl.O=C(O)c1ccc(NC(=O)C2c3cccc(N4CCNCC4=O)c3CCN2C(=O)C=Cc2c(-n3cnnn3)ccc(Cl)c2F)cc1. The number of carboxylic acids is 1. The first-order valence-corrected chi connectivity index (χ1v) is 14.6. The van der Waals surface area contributed by atoms with Crippen molar-refractivity contribution in [2.45, 2.75) is 12.5 Å². The minimum absolute atomic E-state index is 0.